The first kappa shape index (κ1) is 16.1. The van der Waals surface area contributed by atoms with Gasteiger partial charge in [-0.3, -0.25) is 4.79 Å². The summed E-state index contributed by atoms with van der Waals surface area (Å²) >= 11 is 5.99. The molecule has 0 saturated carbocycles. The lowest BCUT2D eigenvalue weighted by molar-refractivity contribution is -0.127. The van der Waals surface area contributed by atoms with Crippen molar-refractivity contribution < 1.29 is 4.79 Å². The average molecular weight is 307 g/mol. The summed E-state index contributed by atoms with van der Waals surface area (Å²) in [6.45, 7) is 5.54. The number of nitrogens with two attached hydrogens (primary N) is 1. The van der Waals surface area contributed by atoms with Crippen LogP contribution in [0.1, 0.15) is 32.3 Å². The minimum atomic E-state index is 0.0674. The van der Waals surface area contributed by atoms with Crippen molar-refractivity contribution in [2.24, 2.45) is 11.7 Å². The Morgan fingerprint density at radius 1 is 1.52 bits per heavy atom. The first-order valence-electron chi connectivity index (χ1n) is 7.46. The molecule has 0 spiro atoms. The second-order valence-electron chi connectivity index (χ2n) is 5.88. The highest BCUT2D eigenvalue weighted by Gasteiger charge is 2.24. The molecule has 4 heteroatoms. The SMILES string of the molecule is C/C(=C\C(=O)N1CCCC(C(C)N)C1)c1cccc(Cl)c1. The smallest absolute Gasteiger partial charge is 0.246 e. The highest BCUT2D eigenvalue weighted by atomic mass is 35.5. The zero-order chi connectivity index (χ0) is 15.4. The molecule has 0 radical (unpaired) electrons. The zero-order valence-electron chi connectivity index (χ0n) is 12.7. The molecule has 0 bridgehead atoms. The first-order chi connectivity index (χ1) is 9.97. The lowest BCUT2D eigenvalue weighted by Gasteiger charge is -2.34. The number of halogens is 1. The maximum Gasteiger partial charge on any atom is 0.246 e. The van der Waals surface area contributed by atoms with Gasteiger partial charge in [-0.05, 0) is 55.9 Å². The van der Waals surface area contributed by atoms with Gasteiger partial charge < -0.3 is 10.6 Å². The third-order valence-electron chi connectivity index (χ3n) is 4.13. The van der Waals surface area contributed by atoms with E-state index in [1.165, 1.54) is 0 Å². The minimum absolute atomic E-state index is 0.0674. The van der Waals surface area contributed by atoms with Crippen LogP contribution in [0.2, 0.25) is 5.02 Å². The highest BCUT2D eigenvalue weighted by Crippen LogP contribution is 2.21. The summed E-state index contributed by atoms with van der Waals surface area (Å²) in [7, 11) is 0. The number of likely N-dealkylation sites (tertiary alicyclic amines) is 1. The van der Waals surface area contributed by atoms with E-state index in [1.807, 2.05) is 43.0 Å². The number of nitrogens with zero attached hydrogens (tertiary/aromatic N) is 1. The Labute approximate surface area is 131 Å². The summed E-state index contributed by atoms with van der Waals surface area (Å²) in [4.78, 5) is 14.3. The van der Waals surface area contributed by atoms with E-state index in [0.717, 1.165) is 37.1 Å². The lowest BCUT2D eigenvalue weighted by Crippen LogP contribution is -2.44. The molecule has 1 fully saturated rings. The van der Waals surface area contributed by atoms with E-state index in [4.69, 9.17) is 17.3 Å². The number of hydrogen-bond acceptors (Lipinski definition) is 2. The standard InChI is InChI=1S/C17H23ClN2O/c1-12(14-5-3-7-16(18)10-14)9-17(21)20-8-4-6-15(11-20)13(2)19/h3,5,7,9-10,13,15H,4,6,8,11,19H2,1-2H3/b12-9+. The Balaban J connectivity index is 2.07. The van der Waals surface area contributed by atoms with Gasteiger partial charge in [-0.2, -0.15) is 0 Å². The molecular formula is C17H23ClN2O. The Hall–Kier alpha value is -1.32. The number of carbonyl (C=O) groups is 1. The van der Waals surface area contributed by atoms with Crippen molar-refractivity contribution in [3.8, 4) is 0 Å². The van der Waals surface area contributed by atoms with Crippen LogP contribution in [-0.4, -0.2) is 29.9 Å². The molecule has 1 amide bonds. The number of piperidine rings is 1. The zero-order valence-corrected chi connectivity index (χ0v) is 13.4. The van der Waals surface area contributed by atoms with Gasteiger partial charge in [0.25, 0.3) is 0 Å². The van der Waals surface area contributed by atoms with Gasteiger partial charge in [-0.15, -0.1) is 0 Å². The van der Waals surface area contributed by atoms with E-state index in [2.05, 4.69) is 0 Å². The molecule has 0 aliphatic carbocycles. The fourth-order valence-corrected chi connectivity index (χ4v) is 2.92. The fraction of sp³-hybridized carbons (Fsp3) is 0.471. The summed E-state index contributed by atoms with van der Waals surface area (Å²) in [5, 5.41) is 0.683. The molecule has 2 rings (SSSR count). The van der Waals surface area contributed by atoms with Crippen molar-refractivity contribution in [2.45, 2.75) is 32.7 Å². The molecule has 2 atom stereocenters. The summed E-state index contributed by atoms with van der Waals surface area (Å²) in [6, 6.07) is 7.71. The number of benzene rings is 1. The van der Waals surface area contributed by atoms with Crippen LogP contribution >= 0.6 is 11.6 Å². The van der Waals surface area contributed by atoms with E-state index in [-0.39, 0.29) is 11.9 Å². The largest absolute Gasteiger partial charge is 0.339 e. The Bertz CT molecular complexity index is 539. The van der Waals surface area contributed by atoms with Crippen LogP contribution in [0, 0.1) is 5.92 Å². The van der Waals surface area contributed by atoms with Gasteiger partial charge in [0.2, 0.25) is 5.91 Å². The molecular weight excluding hydrogens is 284 g/mol. The highest BCUT2D eigenvalue weighted by molar-refractivity contribution is 6.30. The molecule has 1 aromatic rings. The minimum Gasteiger partial charge on any atom is -0.339 e. The maximum atomic E-state index is 12.4. The second kappa shape index (κ2) is 7.10. The van der Waals surface area contributed by atoms with Crippen molar-refractivity contribution in [1.82, 2.24) is 4.90 Å². The molecule has 21 heavy (non-hydrogen) atoms. The molecule has 3 nitrogen and oxygen atoms in total. The number of allylic oxidation sites excluding steroid dienone is 1. The summed E-state index contributed by atoms with van der Waals surface area (Å²) in [6.07, 6.45) is 3.84. The molecule has 1 aromatic carbocycles. The number of rotatable bonds is 3. The van der Waals surface area contributed by atoms with Crippen LogP contribution < -0.4 is 5.73 Å². The normalized spacial score (nSPS) is 21.2. The third-order valence-corrected chi connectivity index (χ3v) is 4.37. The third kappa shape index (κ3) is 4.32. The summed E-state index contributed by atoms with van der Waals surface area (Å²) in [5.41, 5.74) is 7.89. The van der Waals surface area contributed by atoms with Crippen LogP contribution in [0.15, 0.2) is 30.3 Å². The molecule has 1 aliphatic rings. The molecule has 114 valence electrons. The van der Waals surface area contributed by atoms with E-state index < -0.39 is 0 Å². The van der Waals surface area contributed by atoms with Gasteiger partial charge in [-0.25, -0.2) is 0 Å². The second-order valence-corrected chi connectivity index (χ2v) is 6.32. The Kier molecular flexibility index (Phi) is 5.43. The first-order valence-corrected chi connectivity index (χ1v) is 7.84. The number of hydrogen-bond donors (Lipinski definition) is 1. The van der Waals surface area contributed by atoms with Gasteiger partial charge in [0, 0.05) is 30.2 Å². The quantitative estimate of drug-likeness (QED) is 0.871. The van der Waals surface area contributed by atoms with Gasteiger partial charge in [0.15, 0.2) is 0 Å². The summed E-state index contributed by atoms with van der Waals surface area (Å²) in [5.74, 6) is 0.473. The van der Waals surface area contributed by atoms with Crippen molar-refractivity contribution >= 4 is 23.1 Å². The molecule has 2 N–H and O–H groups in total. The van der Waals surface area contributed by atoms with E-state index in [0.29, 0.717) is 10.9 Å². The van der Waals surface area contributed by atoms with Gasteiger partial charge in [-0.1, -0.05) is 23.7 Å². The number of carbonyl (C=O) groups excluding carboxylic acids is 1. The van der Waals surface area contributed by atoms with Gasteiger partial charge in [0.1, 0.15) is 0 Å². The van der Waals surface area contributed by atoms with E-state index >= 15 is 0 Å². The summed E-state index contributed by atoms with van der Waals surface area (Å²) < 4.78 is 0. The lowest BCUT2D eigenvalue weighted by atomic mass is 9.92. The van der Waals surface area contributed by atoms with Crippen LogP contribution in [0.3, 0.4) is 0 Å². The Morgan fingerprint density at radius 3 is 2.95 bits per heavy atom. The van der Waals surface area contributed by atoms with Gasteiger partial charge in [0.05, 0.1) is 0 Å². The molecule has 1 heterocycles. The fourth-order valence-electron chi connectivity index (χ4n) is 2.73. The average Bonchev–Trinajstić information content (AvgIpc) is 2.47. The molecule has 1 saturated heterocycles. The van der Waals surface area contributed by atoms with Crippen molar-refractivity contribution in [1.29, 1.82) is 0 Å². The van der Waals surface area contributed by atoms with Crippen molar-refractivity contribution in [3.63, 3.8) is 0 Å². The van der Waals surface area contributed by atoms with Crippen LogP contribution in [-0.2, 0) is 4.79 Å². The monoisotopic (exact) mass is 306 g/mol. The molecule has 2 unspecified atom stereocenters. The van der Waals surface area contributed by atoms with Crippen molar-refractivity contribution in [2.75, 3.05) is 13.1 Å². The number of amides is 1. The predicted octanol–water partition coefficient (Wildman–Crippen LogP) is 3.33. The van der Waals surface area contributed by atoms with Crippen LogP contribution in [0.4, 0.5) is 0 Å². The van der Waals surface area contributed by atoms with Crippen LogP contribution in [0.25, 0.3) is 5.57 Å². The van der Waals surface area contributed by atoms with Gasteiger partial charge >= 0.3 is 0 Å². The van der Waals surface area contributed by atoms with Crippen LogP contribution in [0.5, 0.6) is 0 Å². The topological polar surface area (TPSA) is 46.3 Å². The molecule has 0 aromatic heterocycles. The van der Waals surface area contributed by atoms with Crippen molar-refractivity contribution in [3.05, 3.63) is 40.9 Å². The molecule has 1 aliphatic heterocycles. The predicted molar refractivity (Wildman–Crippen MR) is 88.1 cm³/mol. The maximum absolute atomic E-state index is 12.4. The Morgan fingerprint density at radius 2 is 2.29 bits per heavy atom. The van der Waals surface area contributed by atoms with E-state index in [9.17, 15) is 4.79 Å². The van der Waals surface area contributed by atoms with E-state index in [1.54, 1.807) is 6.08 Å².